The Hall–Kier alpha value is -0.890. The van der Waals surface area contributed by atoms with Crippen molar-refractivity contribution in [2.45, 2.75) is 51.6 Å². The average Bonchev–Trinajstić information content (AvgIpc) is 2.45. The second-order valence-electron chi connectivity index (χ2n) is 5.04. The first-order valence-corrected chi connectivity index (χ1v) is 6.34. The molecule has 2 heteroatoms. The minimum Gasteiger partial charge on any atom is -0.393 e. The number of aryl methyl sites for hydroxylation is 1. The van der Waals surface area contributed by atoms with Crippen molar-refractivity contribution in [3.05, 3.63) is 29.6 Å². The molecule has 2 nitrogen and oxygen atoms in total. The van der Waals surface area contributed by atoms with E-state index in [2.05, 4.69) is 18.0 Å². The highest BCUT2D eigenvalue weighted by Gasteiger charge is 2.21. The second-order valence-corrected chi connectivity index (χ2v) is 5.04. The lowest BCUT2D eigenvalue weighted by Crippen LogP contribution is -2.21. The zero-order valence-corrected chi connectivity index (χ0v) is 10.0. The first-order chi connectivity index (χ1) is 7.75. The molecule has 88 valence electrons. The molecule has 1 heterocycles. The Balaban J connectivity index is 2.02. The van der Waals surface area contributed by atoms with Gasteiger partial charge in [-0.3, -0.25) is 4.98 Å². The highest BCUT2D eigenvalue weighted by molar-refractivity contribution is 5.17. The largest absolute Gasteiger partial charge is 0.393 e. The van der Waals surface area contributed by atoms with E-state index >= 15 is 0 Å². The Kier molecular flexibility index (Phi) is 3.94. The normalized spacial score (nSPS) is 26.4. The van der Waals surface area contributed by atoms with Crippen molar-refractivity contribution in [3.8, 4) is 0 Å². The summed E-state index contributed by atoms with van der Waals surface area (Å²) >= 11 is 0. The molecule has 16 heavy (non-hydrogen) atoms. The first-order valence-electron chi connectivity index (χ1n) is 6.34. The number of nitrogens with zero attached hydrogens (tertiary/aromatic N) is 1. The van der Waals surface area contributed by atoms with Crippen LogP contribution in [-0.2, 0) is 6.42 Å². The molecule has 1 aromatic rings. The quantitative estimate of drug-likeness (QED) is 0.776. The maximum atomic E-state index is 10.1. The summed E-state index contributed by atoms with van der Waals surface area (Å²) in [5, 5.41) is 10.1. The van der Waals surface area contributed by atoms with Gasteiger partial charge < -0.3 is 5.11 Å². The van der Waals surface area contributed by atoms with Crippen LogP contribution in [0.15, 0.2) is 18.5 Å². The van der Waals surface area contributed by atoms with Crippen LogP contribution in [0.1, 0.15) is 43.2 Å². The van der Waals surface area contributed by atoms with Crippen molar-refractivity contribution in [3.63, 3.8) is 0 Å². The van der Waals surface area contributed by atoms with Crippen LogP contribution in [0.4, 0.5) is 0 Å². The SMILES string of the molecule is Cc1cncc(CC2CCCCCC2O)c1. The van der Waals surface area contributed by atoms with E-state index in [9.17, 15) is 5.11 Å². The van der Waals surface area contributed by atoms with Gasteiger partial charge in [0.2, 0.25) is 0 Å². The minimum absolute atomic E-state index is 0.108. The molecule has 0 bridgehead atoms. The molecule has 2 rings (SSSR count). The summed E-state index contributed by atoms with van der Waals surface area (Å²) in [6.45, 7) is 2.07. The van der Waals surface area contributed by atoms with Gasteiger partial charge in [-0.15, -0.1) is 0 Å². The van der Waals surface area contributed by atoms with Crippen molar-refractivity contribution in [1.29, 1.82) is 0 Å². The summed E-state index contributed by atoms with van der Waals surface area (Å²) in [5.74, 6) is 0.436. The molecular formula is C14H21NO. The van der Waals surface area contributed by atoms with Gasteiger partial charge in [0.05, 0.1) is 6.10 Å². The van der Waals surface area contributed by atoms with Gasteiger partial charge in [-0.1, -0.05) is 25.3 Å². The molecular weight excluding hydrogens is 198 g/mol. The van der Waals surface area contributed by atoms with Crippen LogP contribution in [0, 0.1) is 12.8 Å². The van der Waals surface area contributed by atoms with Gasteiger partial charge in [0.25, 0.3) is 0 Å². The third-order valence-corrected chi connectivity index (χ3v) is 3.55. The Morgan fingerprint density at radius 3 is 2.88 bits per heavy atom. The second kappa shape index (κ2) is 5.44. The Morgan fingerprint density at radius 2 is 2.06 bits per heavy atom. The number of aromatic nitrogens is 1. The molecule has 1 N–H and O–H groups in total. The standard InChI is InChI=1S/C14H21NO/c1-11-7-12(10-15-9-11)8-13-5-3-2-4-6-14(13)16/h7,9-10,13-14,16H,2-6,8H2,1H3. The molecule has 1 aliphatic carbocycles. The highest BCUT2D eigenvalue weighted by Crippen LogP contribution is 2.26. The fraction of sp³-hybridized carbons (Fsp3) is 0.643. The van der Waals surface area contributed by atoms with Gasteiger partial charge in [-0.2, -0.15) is 0 Å². The van der Waals surface area contributed by atoms with Crippen molar-refractivity contribution in [2.24, 2.45) is 5.92 Å². The zero-order valence-electron chi connectivity index (χ0n) is 10.0. The monoisotopic (exact) mass is 219 g/mol. The van der Waals surface area contributed by atoms with E-state index in [1.807, 2.05) is 12.4 Å². The van der Waals surface area contributed by atoms with Crippen LogP contribution in [0.2, 0.25) is 0 Å². The molecule has 0 radical (unpaired) electrons. The number of pyridine rings is 1. The molecule has 1 fully saturated rings. The van der Waals surface area contributed by atoms with Crippen LogP contribution < -0.4 is 0 Å². The van der Waals surface area contributed by atoms with E-state index < -0.39 is 0 Å². The lowest BCUT2D eigenvalue weighted by Gasteiger charge is -2.20. The van der Waals surface area contributed by atoms with E-state index in [-0.39, 0.29) is 6.10 Å². The summed E-state index contributed by atoms with van der Waals surface area (Å²) in [7, 11) is 0. The van der Waals surface area contributed by atoms with E-state index in [0.29, 0.717) is 5.92 Å². The summed E-state index contributed by atoms with van der Waals surface area (Å²) in [5.41, 5.74) is 2.48. The van der Waals surface area contributed by atoms with Gasteiger partial charge in [0.1, 0.15) is 0 Å². The topological polar surface area (TPSA) is 33.1 Å². The molecule has 1 aromatic heterocycles. The van der Waals surface area contributed by atoms with Crippen LogP contribution >= 0.6 is 0 Å². The van der Waals surface area contributed by atoms with Gasteiger partial charge in [0.15, 0.2) is 0 Å². The van der Waals surface area contributed by atoms with Crippen LogP contribution in [0.3, 0.4) is 0 Å². The Morgan fingerprint density at radius 1 is 1.25 bits per heavy atom. The van der Waals surface area contributed by atoms with Crippen LogP contribution in [-0.4, -0.2) is 16.2 Å². The number of hydrogen-bond donors (Lipinski definition) is 1. The Labute approximate surface area is 97.7 Å². The molecule has 0 saturated heterocycles. The predicted octanol–water partition coefficient (Wildman–Crippen LogP) is 2.87. The molecule has 2 atom stereocenters. The molecule has 0 spiro atoms. The van der Waals surface area contributed by atoms with Crippen molar-refractivity contribution in [2.75, 3.05) is 0 Å². The minimum atomic E-state index is -0.108. The lowest BCUT2D eigenvalue weighted by atomic mass is 9.90. The van der Waals surface area contributed by atoms with Gasteiger partial charge in [-0.25, -0.2) is 0 Å². The van der Waals surface area contributed by atoms with Crippen molar-refractivity contribution in [1.82, 2.24) is 4.98 Å². The molecule has 1 saturated carbocycles. The smallest absolute Gasteiger partial charge is 0.0571 e. The fourth-order valence-electron chi connectivity index (χ4n) is 2.63. The predicted molar refractivity (Wildman–Crippen MR) is 65.3 cm³/mol. The van der Waals surface area contributed by atoms with E-state index in [4.69, 9.17) is 0 Å². The molecule has 1 aliphatic rings. The summed E-state index contributed by atoms with van der Waals surface area (Å²) < 4.78 is 0. The Bertz CT molecular complexity index is 337. The first kappa shape index (κ1) is 11.6. The molecule has 0 amide bonds. The number of hydrogen-bond acceptors (Lipinski definition) is 2. The highest BCUT2D eigenvalue weighted by atomic mass is 16.3. The van der Waals surface area contributed by atoms with E-state index in [0.717, 1.165) is 19.3 Å². The molecule has 0 aromatic carbocycles. The number of aliphatic hydroxyl groups excluding tert-OH is 1. The van der Waals surface area contributed by atoms with Crippen LogP contribution in [0.25, 0.3) is 0 Å². The van der Waals surface area contributed by atoms with Gasteiger partial charge in [0, 0.05) is 12.4 Å². The average molecular weight is 219 g/mol. The lowest BCUT2D eigenvalue weighted by molar-refractivity contribution is 0.101. The maximum absolute atomic E-state index is 10.1. The maximum Gasteiger partial charge on any atom is 0.0571 e. The zero-order chi connectivity index (χ0) is 11.4. The van der Waals surface area contributed by atoms with Crippen molar-refractivity contribution < 1.29 is 5.11 Å². The van der Waals surface area contributed by atoms with E-state index in [1.54, 1.807) is 0 Å². The summed E-state index contributed by atoms with van der Waals surface area (Å²) in [6, 6.07) is 2.19. The van der Waals surface area contributed by atoms with Crippen LogP contribution in [0.5, 0.6) is 0 Å². The summed E-state index contributed by atoms with van der Waals surface area (Å²) in [6.07, 6.45) is 10.6. The molecule has 0 aliphatic heterocycles. The van der Waals surface area contributed by atoms with E-state index in [1.165, 1.54) is 30.4 Å². The summed E-state index contributed by atoms with van der Waals surface area (Å²) in [4.78, 5) is 4.22. The van der Waals surface area contributed by atoms with Gasteiger partial charge >= 0.3 is 0 Å². The number of aliphatic hydroxyl groups is 1. The fourth-order valence-corrected chi connectivity index (χ4v) is 2.63. The third kappa shape index (κ3) is 3.05. The van der Waals surface area contributed by atoms with Gasteiger partial charge in [-0.05, 0) is 43.2 Å². The molecule has 2 unspecified atom stereocenters. The third-order valence-electron chi connectivity index (χ3n) is 3.55. The van der Waals surface area contributed by atoms with Crippen molar-refractivity contribution >= 4 is 0 Å². The number of rotatable bonds is 2.